The van der Waals surface area contributed by atoms with Crippen molar-refractivity contribution in [2.75, 3.05) is 20.3 Å². The summed E-state index contributed by atoms with van der Waals surface area (Å²) in [6, 6.07) is 3.48. The van der Waals surface area contributed by atoms with Crippen LogP contribution in [0.2, 0.25) is 5.02 Å². The van der Waals surface area contributed by atoms with E-state index in [9.17, 15) is 14.0 Å². The molecule has 1 N–H and O–H groups in total. The van der Waals surface area contributed by atoms with Gasteiger partial charge in [-0.05, 0) is 18.2 Å². The summed E-state index contributed by atoms with van der Waals surface area (Å²) in [6.45, 7) is -0.448. The Morgan fingerprint density at radius 2 is 2.23 bits per heavy atom. The lowest BCUT2D eigenvalue weighted by molar-refractivity contribution is -0.150. The molecule has 2 aromatic heterocycles. The van der Waals surface area contributed by atoms with Crippen molar-refractivity contribution in [2.45, 2.75) is 19.0 Å². The molecule has 3 heterocycles. The van der Waals surface area contributed by atoms with Crippen LogP contribution < -0.4 is 0 Å². The Hall–Kier alpha value is -3.31. The average molecular weight is 450 g/mol. The molecule has 31 heavy (non-hydrogen) atoms. The molecule has 1 aromatic carbocycles. The summed E-state index contributed by atoms with van der Waals surface area (Å²) in [5, 5.41) is 3.87. The molecule has 4 rings (SSSR count). The molecular weight excluding hydrogens is 433 g/mol. The lowest BCUT2D eigenvalue weighted by atomic mass is 10.0. The number of rotatable bonds is 6. The second kappa shape index (κ2) is 8.82. The van der Waals surface area contributed by atoms with Crippen LogP contribution in [0.25, 0.3) is 11.4 Å². The zero-order valence-corrected chi connectivity index (χ0v) is 17.1. The number of amides is 1. The molecule has 0 radical (unpaired) electrons. The molecule has 10 nitrogen and oxygen atoms in total. The Morgan fingerprint density at radius 1 is 1.39 bits per heavy atom. The molecule has 1 atom stereocenters. The van der Waals surface area contributed by atoms with E-state index in [0.29, 0.717) is 12.0 Å². The molecule has 1 amide bonds. The number of carbonyl (C=O) groups is 2. The van der Waals surface area contributed by atoms with Gasteiger partial charge in [-0.25, -0.2) is 14.2 Å². The summed E-state index contributed by atoms with van der Waals surface area (Å²) in [4.78, 5) is 37.2. The number of aromatic amines is 1. The number of nitrogens with zero attached hydrogens (tertiary/aromatic N) is 4. The van der Waals surface area contributed by atoms with E-state index in [1.807, 2.05) is 0 Å². The van der Waals surface area contributed by atoms with E-state index < -0.39 is 17.8 Å². The number of imidazole rings is 1. The third-order valence-corrected chi connectivity index (χ3v) is 5.09. The number of esters is 1. The van der Waals surface area contributed by atoms with Gasteiger partial charge < -0.3 is 23.9 Å². The molecule has 1 aliphatic heterocycles. The van der Waals surface area contributed by atoms with Crippen molar-refractivity contribution >= 4 is 23.5 Å². The van der Waals surface area contributed by atoms with E-state index in [0.717, 1.165) is 11.4 Å². The highest BCUT2D eigenvalue weighted by Gasteiger charge is 2.36. The second-order valence-electron chi connectivity index (χ2n) is 6.72. The van der Waals surface area contributed by atoms with Crippen LogP contribution in [0.15, 0.2) is 29.0 Å². The minimum atomic E-state index is -0.595. The van der Waals surface area contributed by atoms with Crippen LogP contribution in [0.3, 0.4) is 0 Å². The standard InChI is InChI=1S/C19H17ClFN5O5/c1-29-17(28)8-30-7-16(27)26-6-14-13(22-9-23-14)5-15(26)19-24-18(25-31-19)10-2-3-12(21)11(20)4-10/h2-4,9,15H,5-8H2,1H3,(H,22,23)/t15-/m0/s1. The van der Waals surface area contributed by atoms with Crippen molar-refractivity contribution in [1.29, 1.82) is 0 Å². The number of nitrogens with one attached hydrogen (secondary N) is 1. The van der Waals surface area contributed by atoms with Gasteiger partial charge >= 0.3 is 5.97 Å². The molecule has 162 valence electrons. The number of carbonyl (C=O) groups excluding carboxylic acids is 2. The van der Waals surface area contributed by atoms with Gasteiger partial charge in [0.25, 0.3) is 0 Å². The first-order valence-corrected chi connectivity index (χ1v) is 9.58. The van der Waals surface area contributed by atoms with Crippen LogP contribution >= 0.6 is 11.6 Å². The fraction of sp³-hybridized carbons (Fsp3) is 0.316. The first kappa shape index (κ1) is 20.9. The van der Waals surface area contributed by atoms with Crippen molar-refractivity contribution in [1.82, 2.24) is 25.0 Å². The number of methoxy groups -OCH3 is 1. The van der Waals surface area contributed by atoms with Gasteiger partial charge in [0.15, 0.2) is 0 Å². The minimum Gasteiger partial charge on any atom is -0.467 e. The zero-order valence-electron chi connectivity index (χ0n) is 16.3. The van der Waals surface area contributed by atoms with E-state index in [2.05, 4.69) is 24.8 Å². The lowest BCUT2D eigenvalue weighted by Crippen LogP contribution is -2.41. The van der Waals surface area contributed by atoms with Gasteiger partial charge in [0, 0.05) is 12.0 Å². The number of fused-ring (bicyclic) bond motifs is 1. The SMILES string of the molecule is COC(=O)COCC(=O)N1Cc2[nH]cnc2C[C@H]1c1nc(-c2ccc(F)c(Cl)c2)no1. The van der Waals surface area contributed by atoms with Gasteiger partial charge in [-0.2, -0.15) is 4.98 Å². The van der Waals surface area contributed by atoms with Crippen LogP contribution in [0.1, 0.15) is 23.3 Å². The molecule has 0 saturated heterocycles. The van der Waals surface area contributed by atoms with Crippen molar-refractivity contribution in [3.8, 4) is 11.4 Å². The second-order valence-corrected chi connectivity index (χ2v) is 7.13. The van der Waals surface area contributed by atoms with Gasteiger partial charge in [-0.15, -0.1) is 0 Å². The van der Waals surface area contributed by atoms with Crippen LogP contribution in [-0.4, -0.2) is 57.2 Å². The Bertz CT molecular complexity index is 1120. The number of benzene rings is 1. The summed E-state index contributed by atoms with van der Waals surface area (Å²) < 4.78 is 28.5. The van der Waals surface area contributed by atoms with E-state index in [1.165, 1.54) is 30.2 Å². The number of aromatic nitrogens is 4. The van der Waals surface area contributed by atoms with Gasteiger partial charge in [0.05, 0.1) is 36.4 Å². The van der Waals surface area contributed by atoms with E-state index >= 15 is 0 Å². The van der Waals surface area contributed by atoms with E-state index in [-0.39, 0.29) is 42.4 Å². The highest BCUT2D eigenvalue weighted by Crippen LogP contribution is 2.32. The molecule has 3 aromatic rings. The van der Waals surface area contributed by atoms with Gasteiger partial charge in [0.2, 0.25) is 17.6 Å². The predicted molar refractivity (Wildman–Crippen MR) is 103 cm³/mol. The topological polar surface area (TPSA) is 123 Å². The maximum Gasteiger partial charge on any atom is 0.331 e. The van der Waals surface area contributed by atoms with Crippen molar-refractivity contribution in [2.24, 2.45) is 0 Å². The lowest BCUT2D eigenvalue weighted by Gasteiger charge is -2.32. The molecule has 0 aliphatic carbocycles. The Balaban J connectivity index is 1.57. The maximum absolute atomic E-state index is 13.4. The number of hydrogen-bond acceptors (Lipinski definition) is 8. The highest BCUT2D eigenvalue weighted by atomic mass is 35.5. The van der Waals surface area contributed by atoms with Gasteiger partial charge in [-0.1, -0.05) is 16.8 Å². The van der Waals surface area contributed by atoms with Crippen molar-refractivity contribution in [3.05, 3.63) is 52.6 Å². The highest BCUT2D eigenvalue weighted by molar-refractivity contribution is 6.31. The van der Waals surface area contributed by atoms with Gasteiger partial charge in [0.1, 0.15) is 25.1 Å². The third-order valence-electron chi connectivity index (χ3n) is 4.80. The monoisotopic (exact) mass is 449 g/mol. The molecule has 12 heteroatoms. The smallest absolute Gasteiger partial charge is 0.331 e. The normalized spacial score (nSPS) is 15.6. The number of halogens is 2. The van der Waals surface area contributed by atoms with Crippen molar-refractivity contribution < 1.29 is 28.0 Å². The largest absolute Gasteiger partial charge is 0.467 e. The maximum atomic E-state index is 13.4. The van der Waals surface area contributed by atoms with Gasteiger partial charge in [-0.3, -0.25) is 4.79 Å². The molecule has 0 fully saturated rings. The molecule has 0 bridgehead atoms. The molecule has 0 spiro atoms. The zero-order chi connectivity index (χ0) is 22.0. The fourth-order valence-corrected chi connectivity index (χ4v) is 3.39. The van der Waals surface area contributed by atoms with Crippen LogP contribution in [0.4, 0.5) is 4.39 Å². The Morgan fingerprint density at radius 3 is 3.00 bits per heavy atom. The quantitative estimate of drug-likeness (QED) is 0.567. The molecular formula is C19H17ClFN5O5. The summed E-state index contributed by atoms with van der Waals surface area (Å²) >= 11 is 5.84. The Labute approximate surface area is 180 Å². The van der Waals surface area contributed by atoms with Crippen LogP contribution in [-0.2, 0) is 32.0 Å². The first-order valence-electron chi connectivity index (χ1n) is 9.20. The predicted octanol–water partition coefficient (Wildman–Crippen LogP) is 2.07. The van der Waals surface area contributed by atoms with Crippen LogP contribution in [0.5, 0.6) is 0 Å². The summed E-state index contributed by atoms with van der Waals surface area (Å²) in [5.74, 6) is -1.13. The number of H-pyrrole nitrogens is 1. The third kappa shape index (κ3) is 4.42. The van der Waals surface area contributed by atoms with Crippen molar-refractivity contribution in [3.63, 3.8) is 0 Å². The summed E-state index contributed by atoms with van der Waals surface area (Å²) in [7, 11) is 1.23. The van der Waals surface area contributed by atoms with Crippen LogP contribution in [0, 0.1) is 5.82 Å². The molecule has 0 saturated carbocycles. The summed E-state index contributed by atoms with van der Waals surface area (Å²) in [6.07, 6.45) is 1.89. The fourth-order valence-electron chi connectivity index (χ4n) is 3.21. The van der Waals surface area contributed by atoms with E-state index in [1.54, 1.807) is 6.33 Å². The average Bonchev–Trinajstić information content (AvgIpc) is 3.43. The number of hydrogen-bond donors (Lipinski definition) is 1. The van der Waals surface area contributed by atoms with E-state index in [4.69, 9.17) is 20.9 Å². The number of ether oxygens (including phenoxy) is 2. The summed E-state index contributed by atoms with van der Waals surface area (Å²) in [5.41, 5.74) is 2.02. The minimum absolute atomic E-state index is 0.0674. The Kier molecular flexibility index (Phi) is 5.96. The first-order chi connectivity index (χ1) is 15.0. The molecule has 1 aliphatic rings. The molecule has 0 unspecified atom stereocenters.